The van der Waals surface area contributed by atoms with Crippen LogP contribution in [-0.4, -0.2) is 34.5 Å². The van der Waals surface area contributed by atoms with Crippen LogP contribution in [-0.2, 0) is 4.79 Å². The maximum atomic E-state index is 13.0. The minimum atomic E-state index is -0.914. The summed E-state index contributed by atoms with van der Waals surface area (Å²) in [5.41, 5.74) is 0.360. The molecule has 1 fully saturated rings. The number of carbonyl (C=O) groups is 2. The van der Waals surface area contributed by atoms with E-state index < -0.39 is 11.8 Å². The summed E-state index contributed by atoms with van der Waals surface area (Å²) in [7, 11) is 0. The molecular formula is C13H13BrFNO3. The second kappa shape index (κ2) is 5.69. The molecule has 1 heterocycles. The van der Waals surface area contributed by atoms with Gasteiger partial charge in [-0.15, -0.1) is 0 Å². The van der Waals surface area contributed by atoms with Gasteiger partial charge >= 0.3 is 5.97 Å². The van der Waals surface area contributed by atoms with Crippen molar-refractivity contribution in [2.75, 3.05) is 6.54 Å². The molecule has 1 unspecified atom stereocenters. The molecule has 1 N–H and O–H groups in total. The fourth-order valence-corrected chi connectivity index (χ4v) is 2.85. The molecular weight excluding hydrogens is 317 g/mol. The minimum Gasteiger partial charge on any atom is -0.481 e. The molecule has 4 nitrogen and oxygen atoms in total. The monoisotopic (exact) mass is 329 g/mol. The molecule has 0 bridgehead atoms. The first-order chi connectivity index (χ1) is 8.99. The average molecular weight is 330 g/mol. The maximum Gasteiger partial charge on any atom is 0.305 e. The normalized spacial score (nSPS) is 18.6. The summed E-state index contributed by atoms with van der Waals surface area (Å²) in [6.07, 6.45) is 1.43. The summed E-state index contributed by atoms with van der Waals surface area (Å²) in [6.45, 7) is 0.542. The Bertz CT molecular complexity index is 521. The third-order valence-electron chi connectivity index (χ3n) is 3.21. The first-order valence-electron chi connectivity index (χ1n) is 5.97. The highest BCUT2D eigenvalue weighted by molar-refractivity contribution is 9.10. The van der Waals surface area contributed by atoms with Gasteiger partial charge in [0.1, 0.15) is 5.82 Å². The number of benzene rings is 1. The Morgan fingerprint density at radius 3 is 2.84 bits per heavy atom. The van der Waals surface area contributed by atoms with Gasteiger partial charge in [0.25, 0.3) is 5.91 Å². The largest absolute Gasteiger partial charge is 0.481 e. The van der Waals surface area contributed by atoms with E-state index in [1.165, 1.54) is 18.2 Å². The standard InChI is InChI=1S/C13H13BrFNO3/c14-11-6-8(15)3-4-10(11)13(19)16-5-1-2-9(16)7-12(17)18/h3-4,6,9H,1-2,5,7H2,(H,17,18). The number of aliphatic carboxylic acids is 1. The van der Waals surface area contributed by atoms with E-state index in [1.54, 1.807) is 4.90 Å². The summed E-state index contributed by atoms with van der Waals surface area (Å²) in [6, 6.07) is 3.59. The van der Waals surface area contributed by atoms with Crippen LogP contribution in [0.1, 0.15) is 29.6 Å². The van der Waals surface area contributed by atoms with Crippen LogP contribution in [0, 0.1) is 5.82 Å². The van der Waals surface area contributed by atoms with Crippen LogP contribution >= 0.6 is 15.9 Å². The zero-order chi connectivity index (χ0) is 14.0. The van der Waals surface area contributed by atoms with Gasteiger partial charge in [0.05, 0.1) is 12.0 Å². The number of amides is 1. The number of halogens is 2. The highest BCUT2D eigenvalue weighted by atomic mass is 79.9. The fraction of sp³-hybridized carbons (Fsp3) is 0.385. The van der Waals surface area contributed by atoms with Crippen LogP contribution in [0.5, 0.6) is 0 Å². The molecule has 6 heteroatoms. The summed E-state index contributed by atoms with van der Waals surface area (Å²) in [5.74, 6) is -1.59. The Morgan fingerprint density at radius 1 is 1.47 bits per heavy atom. The minimum absolute atomic E-state index is 0.0510. The Balaban J connectivity index is 2.20. The lowest BCUT2D eigenvalue weighted by molar-refractivity contribution is -0.137. The van der Waals surface area contributed by atoms with E-state index >= 15 is 0 Å². The molecule has 1 saturated heterocycles. The summed E-state index contributed by atoms with van der Waals surface area (Å²) in [5, 5.41) is 8.84. The number of hydrogen-bond acceptors (Lipinski definition) is 2. The topological polar surface area (TPSA) is 57.6 Å². The molecule has 0 aromatic heterocycles. The number of likely N-dealkylation sites (tertiary alicyclic amines) is 1. The van der Waals surface area contributed by atoms with Crippen LogP contribution < -0.4 is 0 Å². The van der Waals surface area contributed by atoms with Crippen molar-refractivity contribution < 1.29 is 19.1 Å². The average Bonchev–Trinajstić information content (AvgIpc) is 2.75. The molecule has 1 aromatic carbocycles. The van der Waals surface area contributed by atoms with Crippen molar-refractivity contribution in [2.24, 2.45) is 0 Å². The quantitative estimate of drug-likeness (QED) is 0.927. The number of nitrogens with zero attached hydrogens (tertiary/aromatic N) is 1. The van der Waals surface area contributed by atoms with E-state index in [0.29, 0.717) is 23.0 Å². The second-order valence-electron chi connectivity index (χ2n) is 4.52. The number of carboxylic acids is 1. The van der Waals surface area contributed by atoms with Gasteiger partial charge in [-0.3, -0.25) is 9.59 Å². The molecule has 0 radical (unpaired) electrons. The van der Waals surface area contributed by atoms with E-state index in [-0.39, 0.29) is 18.4 Å². The number of hydrogen-bond donors (Lipinski definition) is 1. The van der Waals surface area contributed by atoms with Gasteiger partial charge in [-0.25, -0.2) is 4.39 Å². The predicted octanol–water partition coefficient (Wildman–Crippen LogP) is 2.67. The molecule has 1 amide bonds. The molecule has 0 saturated carbocycles. The molecule has 102 valence electrons. The van der Waals surface area contributed by atoms with Crippen LogP contribution in [0.3, 0.4) is 0 Å². The molecule has 19 heavy (non-hydrogen) atoms. The lowest BCUT2D eigenvalue weighted by atomic mass is 10.1. The van der Waals surface area contributed by atoms with E-state index in [2.05, 4.69) is 15.9 Å². The Labute approximate surface area is 118 Å². The first kappa shape index (κ1) is 14.0. The van der Waals surface area contributed by atoms with Gasteiger partial charge in [0, 0.05) is 17.1 Å². The first-order valence-corrected chi connectivity index (χ1v) is 6.76. The third-order valence-corrected chi connectivity index (χ3v) is 3.87. The van der Waals surface area contributed by atoms with Crippen LogP contribution in [0.15, 0.2) is 22.7 Å². The smallest absolute Gasteiger partial charge is 0.305 e. The van der Waals surface area contributed by atoms with Crippen LogP contribution in [0.4, 0.5) is 4.39 Å². The van der Waals surface area contributed by atoms with E-state index in [1.807, 2.05) is 0 Å². The lowest BCUT2D eigenvalue weighted by Crippen LogP contribution is -2.37. The third kappa shape index (κ3) is 3.12. The summed E-state index contributed by atoms with van der Waals surface area (Å²) >= 11 is 3.16. The molecule has 1 aromatic rings. The van der Waals surface area contributed by atoms with Gasteiger partial charge < -0.3 is 10.0 Å². The van der Waals surface area contributed by atoms with Crippen molar-refractivity contribution in [2.45, 2.75) is 25.3 Å². The zero-order valence-electron chi connectivity index (χ0n) is 10.1. The van der Waals surface area contributed by atoms with Gasteiger partial charge in [-0.1, -0.05) is 0 Å². The molecule has 2 rings (SSSR count). The van der Waals surface area contributed by atoms with Gasteiger partial charge in [-0.2, -0.15) is 0 Å². The summed E-state index contributed by atoms with van der Waals surface area (Å²) < 4.78 is 13.4. The van der Waals surface area contributed by atoms with Crippen LogP contribution in [0.2, 0.25) is 0 Å². The van der Waals surface area contributed by atoms with E-state index in [4.69, 9.17) is 5.11 Å². The predicted molar refractivity (Wildman–Crippen MR) is 70.4 cm³/mol. The van der Waals surface area contributed by atoms with Gasteiger partial charge in [-0.05, 0) is 47.0 Å². The molecule has 0 spiro atoms. The van der Waals surface area contributed by atoms with Crippen molar-refractivity contribution in [1.29, 1.82) is 0 Å². The van der Waals surface area contributed by atoms with E-state index in [9.17, 15) is 14.0 Å². The SMILES string of the molecule is O=C(O)CC1CCCN1C(=O)c1ccc(F)cc1Br. The van der Waals surface area contributed by atoms with Crippen molar-refractivity contribution in [3.8, 4) is 0 Å². The number of carboxylic acid groups (broad SMARTS) is 1. The molecule has 1 aliphatic rings. The molecule has 1 atom stereocenters. The summed E-state index contributed by atoms with van der Waals surface area (Å²) in [4.78, 5) is 24.7. The van der Waals surface area contributed by atoms with Crippen molar-refractivity contribution in [3.63, 3.8) is 0 Å². The van der Waals surface area contributed by atoms with Crippen LogP contribution in [0.25, 0.3) is 0 Å². The van der Waals surface area contributed by atoms with Crippen molar-refractivity contribution >= 4 is 27.8 Å². The van der Waals surface area contributed by atoms with E-state index in [0.717, 1.165) is 6.42 Å². The zero-order valence-corrected chi connectivity index (χ0v) is 11.7. The highest BCUT2D eigenvalue weighted by Gasteiger charge is 2.31. The maximum absolute atomic E-state index is 13.0. The second-order valence-corrected chi connectivity index (χ2v) is 5.37. The van der Waals surface area contributed by atoms with Gasteiger partial charge in [0.15, 0.2) is 0 Å². The Kier molecular flexibility index (Phi) is 4.19. The molecule has 1 aliphatic heterocycles. The fourth-order valence-electron chi connectivity index (χ4n) is 2.33. The van der Waals surface area contributed by atoms with Crippen molar-refractivity contribution in [1.82, 2.24) is 4.90 Å². The Hall–Kier alpha value is -1.43. The lowest BCUT2D eigenvalue weighted by Gasteiger charge is -2.24. The highest BCUT2D eigenvalue weighted by Crippen LogP contribution is 2.26. The number of carbonyl (C=O) groups excluding carboxylic acids is 1. The molecule has 0 aliphatic carbocycles. The number of rotatable bonds is 3. The Morgan fingerprint density at radius 2 is 2.21 bits per heavy atom. The van der Waals surface area contributed by atoms with Gasteiger partial charge in [0.2, 0.25) is 0 Å². The van der Waals surface area contributed by atoms with Crippen molar-refractivity contribution in [3.05, 3.63) is 34.1 Å².